The molecule has 2 amide bonds. The third-order valence-corrected chi connectivity index (χ3v) is 5.81. The van der Waals surface area contributed by atoms with Gasteiger partial charge in [0.25, 0.3) is 11.8 Å². The summed E-state index contributed by atoms with van der Waals surface area (Å²) < 4.78 is 5.76. The minimum atomic E-state index is -0.348. The van der Waals surface area contributed by atoms with Crippen LogP contribution in [0.15, 0.2) is 66.9 Å². The van der Waals surface area contributed by atoms with E-state index < -0.39 is 0 Å². The second-order valence-corrected chi connectivity index (χ2v) is 8.85. The molecule has 4 rings (SSSR count). The van der Waals surface area contributed by atoms with Gasteiger partial charge in [0.2, 0.25) is 0 Å². The topological polar surface area (TPSA) is 61.9 Å². The first-order valence-electron chi connectivity index (χ1n) is 11.5. The quantitative estimate of drug-likeness (QED) is 0.448. The van der Waals surface area contributed by atoms with Gasteiger partial charge in [-0.25, -0.2) is 0 Å². The molecule has 6 nitrogen and oxygen atoms in total. The van der Waals surface area contributed by atoms with E-state index in [4.69, 9.17) is 4.74 Å². The highest BCUT2D eigenvalue weighted by Crippen LogP contribution is 2.32. The predicted molar refractivity (Wildman–Crippen MR) is 132 cm³/mol. The van der Waals surface area contributed by atoms with E-state index in [0.717, 1.165) is 24.5 Å². The van der Waals surface area contributed by atoms with Crippen molar-refractivity contribution in [3.63, 3.8) is 0 Å². The van der Waals surface area contributed by atoms with Gasteiger partial charge in [-0.15, -0.1) is 6.58 Å². The number of imide groups is 1. The Labute approximate surface area is 195 Å². The number of nitrogens with one attached hydrogen (secondary N) is 1. The van der Waals surface area contributed by atoms with Crippen LogP contribution in [-0.2, 0) is 9.59 Å². The number of ether oxygens (including phenoxy) is 1. The van der Waals surface area contributed by atoms with Gasteiger partial charge < -0.3 is 15.0 Å². The standard InChI is InChI=1S/C27H31N3O3/c1-4-15-30-26(31)24(20-7-13-23(14-8-20)33-18-19(2)3)25(27(30)32)28-21-9-11-22(12-10-21)29-16-5-6-17-29/h4,7-14,19,28H,1,5-6,15-18H2,2-3H3. The van der Waals surface area contributed by atoms with Crippen LogP contribution in [0.2, 0.25) is 0 Å². The normalized spacial score (nSPS) is 16.2. The molecule has 0 spiro atoms. The molecule has 2 aliphatic heterocycles. The molecule has 2 heterocycles. The summed E-state index contributed by atoms with van der Waals surface area (Å²) in [7, 11) is 0. The van der Waals surface area contributed by atoms with Gasteiger partial charge >= 0.3 is 0 Å². The van der Waals surface area contributed by atoms with Crippen molar-refractivity contribution in [1.82, 2.24) is 4.90 Å². The van der Waals surface area contributed by atoms with E-state index in [2.05, 4.69) is 42.8 Å². The summed E-state index contributed by atoms with van der Waals surface area (Å²) >= 11 is 0. The fraction of sp³-hybridized carbons (Fsp3) is 0.333. The highest BCUT2D eigenvalue weighted by Gasteiger charge is 2.38. The number of hydrogen-bond acceptors (Lipinski definition) is 5. The summed E-state index contributed by atoms with van der Waals surface area (Å²) in [6.45, 7) is 10.8. The van der Waals surface area contributed by atoms with Crippen molar-refractivity contribution in [2.45, 2.75) is 26.7 Å². The van der Waals surface area contributed by atoms with E-state index in [0.29, 0.717) is 23.7 Å². The summed E-state index contributed by atoms with van der Waals surface area (Å²) in [5.74, 6) is 0.479. The van der Waals surface area contributed by atoms with E-state index >= 15 is 0 Å². The van der Waals surface area contributed by atoms with Crippen LogP contribution in [0, 0.1) is 5.92 Å². The Morgan fingerprint density at radius 3 is 2.27 bits per heavy atom. The van der Waals surface area contributed by atoms with Crippen molar-refractivity contribution >= 4 is 28.8 Å². The zero-order chi connectivity index (χ0) is 23.4. The van der Waals surface area contributed by atoms with Crippen molar-refractivity contribution < 1.29 is 14.3 Å². The van der Waals surface area contributed by atoms with Gasteiger partial charge in [-0.05, 0) is 60.7 Å². The third kappa shape index (κ3) is 4.95. The number of benzene rings is 2. The molecule has 2 aliphatic rings. The lowest BCUT2D eigenvalue weighted by molar-refractivity contribution is -0.136. The second kappa shape index (κ2) is 9.94. The van der Waals surface area contributed by atoms with Crippen LogP contribution < -0.4 is 15.0 Å². The number of carbonyl (C=O) groups is 2. The number of rotatable bonds is 9. The Morgan fingerprint density at radius 1 is 1.00 bits per heavy atom. The molecule has 1 N–H and O–H groups in total. The SMILES string of the molecule is C=CCN1C(=O)C(Nc2ccc(N3CCCC3)cc2)=C(c2ccc(OCC(C)C)cc2)C1=O. The molecule has 6 heteroatoms. The van der Waals surface area contributed by atoms with Crippen molar-refractivity contribution in [2.75, 3.05) is 36.5 Å². The highest BCUT2D eigenvalue weighted by molar-refractivity contribution is 6.36. The van der Waals surface area contributed by atoms with Crippen LogP contribution >= 0.6 is 0 Å². The summed E-state index contributed by atoms with van der Waals surface area (Å²) in [6.07, 6.45) is 3.99. The van der Waals surface area contributed by atoms with E-state index in [-0.39, 0.29) is 24.1 Å². The van der Waals surface area contributed by atoms with Crippen LogP contribution in [0.4, 0.5) is 11.4 Å². The van der Waals surface area contributed by atoms with Gasteiger partial charge in [-0.1, -0.05) is 32.1 Å². The summed E-state index contributed by atoms with van der Waals surface area (Å²) in [5, 5.41) is 3.21. The first kappa shape index (κ1) is 22.6. The molecule has 0 aromatic heterocycles. The minimum absolute atomic E-state index is 0.163. The molecule has 0 unspecified atom stereocenters. The maximum atomic E-state index is 13.2. The van der Waals surface area contributed by atoms with E-state index in [1.807, 2.05) is 36.4 Å². The van der Waals surface area contributed by atoms with Crippen LogP contribution in [0.5, 0.6) is 5.75 Å². The van der Waals surface area contributed by atoms with Gasteiger partial charge in [-0.2, -0.15) is 0 Å². The molecule has 33 heavy (non-hydrogen) atoms. The van der Waals surface area contributed by atoms with Crippen LogP contribution in [0.1, 0.15) is 32.3 Å². The van der Waals surface area contributed by atoms with E-state index in [9.17, 15) is 9.59 Å². The molecular weight excluding hydrogens is 414 g/mol. The summed E-state index contributed by atoms with van der Waals surface area (Å²) in [5.41, 5.74) is 3.26. The average molecular weight is 446 g/mol. The first-order valence-corrected chi connectivity index (χ1v) is 11.5. The minimum Gasteiger partial charge on any atom is -0.493 e. The Morgan fingerprint density at radius 2 is 1.67 bits per heavy atom. The van der Waals surface area contributed by atoms with Gasteiger partial charge in [0.15, 0.2) is 0 Å². The van der Waals surface area contributed by atoms with Gasteiger partial charge in [-0.3, -0.25) is 14.5 Å². The molecule has 0 atom stereocenters. The zero-order valence-corrected chi connectivity index (χ0v) is 19.3. The van der Waals surface area contributed by atoms with E-state index in [1.54, 1.807) is 6.08 Å². The van der Waals surface area contributed by atoms with Crippen LogP contribution in [0.3, 0.4) is 0 Å². The fourth-order valence-corrected chi connectivity index (χ4v) is 4.11. The molecule has 0 bridgehead atoms. The van der Waals surface area contributed by atoms with Gasteiger partial charge in [0.1, 0.15) is 11.4 Å². The first-order chi connectivity index (χ1) is 16.0. The van der Waals surface area contributed by atoms with Crippen molar-refractivity contribution in [1.29, 1.82) is 0 Å². The molecular formula is C27H31N3O3. The Bertz CT molecular complexity index is 1050. The second-order valence-electron chi connectivity index (χ2n) is 8.85. The maximum absolute atomic E-state index is 13.2. The Hall–Kier alpha value is -3.54. The van der Waals surface area contributed by atoms with Gasteiger partial charge in [0, 0.05) is 31.0 Å². The lowest BCUT2D eigenvalue weighted by Crippen LogP contribution is -2.32. The number of hydrogen-bond donors (Lipinski definition) is 1. The largest absolute Gasteiger partial charge is 0.493 e. The molecule has 0 radical (unpaired) electrons. The smallest absolute Gasteiger partial charge is 0.278 e. The lowest BCUT2D eigenvalue weighted by Gasteiger charge is -2.18. The van der Waals surface area contributed by atoms with E-state index in [1.165, 1.54) is 23.4 Å². The van der Waals surface area contributed by atoms with Crippen molar-refractivity contribution in [2.24, 2.45) is 5.92 Å². The average Bonchev–Trinajstić information content (AvgIpc) is 3.43. The summed E-state index contributed by atoms with van der Waals surface area (Å²) in [4.78, 5) is 29.8. The number of amides is 2. The summed E-state index contributed by atoms with van der Waals surface area (Å²) in [6, 6.07) is 15.3. The zero-order valence-electron chi connectivity index (χ0n) is 19.3. The number of nitrogens with zero attached hydrogens (tertiary/aromatic N) is 2. The monoisotopic (exact) mass is 445 g/mol. The Balaban J connectivity index is 1.61. The number of carbonyl (C=O) groups excluding carboxylic acids is 2. The molecule has 172 valence electrons. The molecule has 0 aliphatic carbocycles. The van der Waals surface area contributed by atoms with Crippen LogP contribution in [-0.4, -0.2) is 43.0 Å². The fourth-order valence-electron chi connectivity index (χ4n) is 4.11. The number of anilines is 2. The van der Waals surface area contributed by atoms with Crippen molar-refractivity contribution in [3.05, 3.63) is 72.4 Å². The predicted octanol–water partition coefficient (Wildman–Crippen LogP) is 4.70. The van der Waals surface area contributed by atoms with Crippen LogP contribution in [0.25, 0.3) is 5.57 Å². The molecule has 2 aromatic rings. The molecule has 1 saturated heterocycles. The Kier molecular flexibility index (Phi) is 6.82. The molecule has 1 fully saturated rings. The maximum Gasteiger partial charge on any atom is 0.278 e. The molecule has 2 aromatic carbocycles. The van der Waals surface area contributed by atoms with Gasteiger partial charge in [0.05, 0.1) is 12.2 Å². The highest BCUT2D eigenvalue weighted by atomic mass is 16.5. The lowest BCUT2D eigenvalue weighted by atomic mass is 10.0. The third-order valence-electron chi connectivity index (χ3n) is 5.81. The molecule has 0 saturated carbocycles. The van der Waals surface area contributed by atoms with Crippen molar-refractivity contribution in [3.8, 4) is 5.75 Å².